The molecular weight excluding hydrogens is 405 g/mol. The van der Waals surface area contributed by atoms with Crippen molar-refractivity contribution in [2.75, 3.05) is 13.1 Å². The maximum atomic E-state index is 13.8. The van der Waals surface area contributed by atoms with E-state index in [2.05, 4.69) is 10.7 Å². The van der Waals surface area contributed by atoms with E-state index in [0.717, 1.165) is 0 Å². The lowest BCUT2D eigenvalue weighted by molar-refractivity contribution is -0.137. The maximum absolute atomic E-state index is 13.8. The number of hydrogen-bond donors (Lipinski definition) is 2. The van der Waals surface area contributed by atoms with Crippen molar-refractivity contribution in [3.8, 4) is 0 Å². The van der Waals surface area contributed by atoms with Crippen molar-refractivity contribution < 1.29 is 12.3 Å². The second-order valence-corrected chi connectivity index (χ2v) is 5.73. The molecule has 1 fully saturated rings. The second-order valence-electron chi connectivity index (χ2n) is 4.72. The first kappa shape index (κ1) is 17.8. The summed E-state index contributed by atoms with van der Waals surface area (Å²) >= 11 is 7.66. The van der Waals surface area contributed by atoms with E-state index >= 15 is 0 Å². The minimum atomic E-state index is -1.28. The van der Waals surface area contributed by atoms with Crippen LogP contribution in [0.5, 0.6) is 0 Å². The van der Waals surface area contributed by atoms with Gasteiger partial charge in [0.05, 0.1) is 17.2 Å². The summed E-state index contributed by atoms with van der Waals surface area (Å²) in [6.45, 7) is 1.83. The summed E-state index contributed by atoms with van der Waals surface area (Å²) in [7, 11) is 0. The summed E-state index contributed by atoms with van der Waals surface area (Å²) < 4.78 is 18.7. The van der Waals surface area contributed by atoms with Crippen LogP contribution in [0.4, 0.5) is 4.39 Å². The largest absolute Gasteiger partial charge is 0.338 e. The van der Waals surface area contributed by atoms with Crippen LogP contribution in [0.25, 0.3) is 0 Å². The molecule has 3 N–H and O–H groups in total. The van der Waals surface area contributed by atoms with E-state index in [4.69, 9.17) is 20.4 Å². The predicted octanol–water partition coefficient (Wildman–Crippen LogP) is 0.886. The zero-order chi connectivity index (χ0) is 15.3. The SMILES string of the molecule is CC(N)C(Cl)C(NN=O)C(=O)N1CC[C@H](OI)[C@H](F)C1. The number of nitrogens with one attached hydrogen (secondary N) is 1. The lowest BCUT2D eigenvalue weighted by Crippen LogP contribution is -2.57. The van der Waals surface area contributed by atoms with Crippen LogP contribution in [0.3, 0.4) is 0 Å². The molecule has 1 rings (SSSR count). The van der Waals surface area contributed by atoms with Crippen molar-refractivity contribution in [3.63, 3.8) is 0 Å². The molecule has 20 heavy (non-hydrogen) atoms. The molecule has 1 heterocycles. The highest BCUT2D eigenvalue weighted by Crippen LogP contribution is 2.21. The normalized spacial score (nSPS) is 27.6. The number of nitroso groups, excluding NO2 is 1. The van der Waals surface area contributed by atoms with Gasteiger partial charge in [-0.25, -0.2) is 4.39 Å². The molecule has 1 aliphatic rings. The van der Waals surface area contributed by atoms with Gasteiger partial charge in [-0.1, -0.05) is 0 Å². The van der Waals surface area contributed by atoms with Crippen molar-refractivity contribution in [1.29, 1.82) is 0 Å². The third-order valence-electron chi connectivity index (χ3n) is 3.19. The molecule has 1 saturated heterocycles. The molecule has 116 valence electrons. The lowest BCUT2D eigenvalue weighted by Gasteiger charge is -2.36. The molecule has 3 unspecified atom stereocenters. The Morgan fingerprint density at radius 2 is 2.35 bits per heavy atom. The summed E-state index contributed by atoms with van der Waals surface area (Å²) in [5, 5.41) is 1.68. The number of halogens is 3. The average Bonchev–Trinajstić information content (AvgIpc) is 2.43. The molecule has 0 aromatic rings. The topological polar surface area (TPSA) is 97.0 Å². The van der Waals surface area contributed by atoms with Gasteiger partial charge in [-0.05, 0) is 13.3 Å². The number of carbonyl (C=O) groups excluding carboxylic acids is 1. The molecule has 5 atom stereocenters. The van der Waals surface area contributed by atoms with Crippen molar-refractivity contribution >= 4 is 40.5 Å². The third-order valence-corrected chi connectivity index (χ3v) is 4.49. The second kappa shape index (κ2) is 8.25. The van der Waals surface area contributed by atoms with Crippen molar-refractivity contribution in [2.24, 2.45) is 11.0 Å². The predicted molar refractivity (Wildman–Crippen MR) is 81.0 cm³/mol. The first-order valence-electron chi connectivity index (χ1n) is 6.10. The number of nitrogens with two attached hydrogens (primary N) is 1. The fourth-order valence-electron chi connectivity index (χ4n) is 2.00. The maximum Gasteiger partial charge on any atom is 0.248 e. The first-order valence-corrected chi connectivity index (χ1v) is 7.41. The monoisotopic (exact) mass is 422 g/mol. The molecule has 0 spiro atoms. The fourth-order valence-corrected chi connectivity index (χ4v) is 2.74. The Kier molecular flexibility index (Phi) is 7.34. The van der Waals surface area contributed by atoms with E-state index < -0.39 is 35.6 Å². The van der Waals surface area contributed by atoms with Gasteiger partial charge in [0.1, 0.15) is 41.3 Å². The average molecular weight is 423 g/mol. The molecule has 0 radical (unpaired) electrons. The van der Waals surface area contributed by atoms with E-state index in [9.17, 15) is 14.1 Å². The Morgan fingerprint density at radius 1 is 1.70 bits per heavy atom. The molecule has 7 nitrogen and oxygen atoms in total. The molecule has 0 bridgehead atoms. The summed E-state index contributed by atoms with van der Waals surface area (Å²) in [5.74, 6) is -0.489. The first-order chi connectivity index (χ1) is 9.42. The number of nitrogens with zero attached hydrogens (tertiary/aromatic N) is 2. The van der Waals surface area contributed by atoms with Gasteiger partial charge in [-0.15, -0.1) is 16.5 Å². The van der Waals surface area contributed by atoms with Crippen molar-refractivity contribution in [1.82, 2.24) is 10.3 Å². The van der Waals surface area contributed by atoms with Crippen LogP contribution in [-0.2, 0) is 7.86 Å². The molecule has 0 saturated carbocycles. The minimum Gasteiger partial charge on any atom is -0.338 e. The van der Waals surface area contributed by atoms with Crippen LogP contribution in [0.2, 0.25) is 0 Å². The molecular formula is C10H17ClFIN4O3. The van der Waals surface area contributed by atoms with E-state index in [-0.39, 0.29) is 6.54 Å². The number of rotatable bonds is 6. The smallest absolute Gasteiger partial charge is 0.248 e. The van der Waals surface area contributed by atoms with Gasteiger partial charge < -0.3 is 13.7 Å². The lowest BCUT2D eigenvalue weighted by atomic mass is 10.0. The molecule has 1 aliphatic heterocycles. The molecule has 1 amide bonds. The number of likely N-dealkylation sites (tertiary alicyclic amines) is 1. The Morgan fingerprint density at radius 3 is 2.80 bits per heavy atom. The van der Waals surface area contributed by atoms with Gasteiger partial charge >= 0.3 is 0 Å². The molecule has 10 heteroatoms. The Balaban J connectivity index is 2.73. The fraction of sp³-hybridized carbons (Fsp3) is 0.900. The summed E-state index contributed by atoms with van der Waals surface area (Å²) in [5.41, 5.74) is 7.74. The number of amides is 1. The van der Waals surface area contributed by atoms with E-state index in [1.165, 1.54) is 4.90 Å². The van der Waals surface area contributed by atoms with Gasteiger partial charge in [0.25, 0.3) is 0 Å². The Labute approximate surface area is 135 Å². The zero-order valence-electron chi connectivity index (χ0n) is 10.8. The Hall–Kier alpha value is -0.260. The number of piperidine rings is 1. The minimum absolute atomic E-state index is 0.105. The van der Waals surface area contributed by atoms with E-state index in [1.807, 2.05) is 0 Å². The molecule has 0 aliphatic carbocycles. The highest BCUT2D eigenvalue weighted by atomic mass is 127. The Bertz CT molecular complexity index is 352. The number of alkyl halides is 2. The summed E-state index contributed by atoms with van der Waals surface area (Å²) in [6, 6.07) is -1.60. The van der Waals surface area contributed by atoms with Gasteiger partial charge in [-0.2, -0.15) is 0 Å². The number of hydrogen-bond acceptors (Lipinski definition) is 5. The van der Waals surface area contributed by atoms with Gasteiger partial charge in [0.15, 0.2) is 0 Å². The van der Waals surface area contributed by atoms with Gasteiger partial charge in [-0.3, -0.25) is 10.2 Å². The van der Waals surface area contributed by atoms with Gasteiger partial charge in [0.2, 0.25) is 5.91 Å². The molecule has 0 aromatic carbocycles. The quantitative estimate of drug-likeness (QED) is 0.287. The summed E-state index contributed by atoms with van der Waals surface area (Å²) in [6.07, 6.45) is -1.43. The third kappa shape index (κ3) is 4.37. The van der Waals surface area contributed by atoms with Crippen molar-refractivity contribution in [2.45, 2.75) is 43.1 Å². The zero-order valence-corrected chi connectivity index (χ0v) is 13.8. The van der Waals surface area contributed by atoms with Crippen molar-refractivity contribution in [3.05, 3.63) is 4.91 Å². The highest BCUT2D eigenvalue weighted by Gasteiger charge is 2.38. The van der Waals surface area contributed by atoms with Gasteiger partial charge in [0, 0.05) is 12.6 Å². The van der Waals surface area contributed by atoms with Crippen LogP contribution in [0.1, 0.15) is 13.3 Å². The highest BCUT2D eigenvalue weighted by molar-refractivity contribution is 14.1. The van der Waals surface area contributed by atoms with E-state index in [1.54, 1.807) is 29.9 Å². The van der Waals surface area contributed by atoms with E-state index in [0.29, 0.717) is 13.0 Å². The number of carbonyl (C=O) groups is 1. The van der Waals surface area contributed by atoms with Crippen LogP contribution in [0.15, 0.2) is 5.29 Å². The van der Waals surface area contributed by atoms with Crippen LogP contribution >= 0.6 is 34.6 Å². The van der Waals surface area contributed by atoms with Crippen LogP contribution in [-0.4, -0.2) is 53.6 Å². The molecule has 0 aromatic heterocycles. The standard InChI is InChI=1S/C10H17ClFIN4O3/c1-5(14)8(11)9(15-16-19)10(18)17-3-2-7(20-13)6(12)4-17/h5-9H,2-4,14H2,1H3,(H,15,19)/t5?,6-,7+,8?,9?/m1/s1. The summed E-state index contributed by atoms with van der Waals surface area (Å²) in [4.78, 5) is 24.0. The van der Waals surface area contributed by atoms with Crippen LogP contribution in [0, 0.1) is 4.91 Å². The van der Waals surface area contributed by atoms with Crippen LogP contribution < -0.4 is 11.2 Å².